The van der Waals surface area contributed by atoms with Crippen LogP contribution in [0.1, 0.15) is 12.5 Å². The first-order chi connectivity index (χ1) is 14.8. The number of fused-ring (bicyclic) bond motifs is 1. The van der Waals surface area contributed by atoms with Crippen LogP contribution in [0.4, 0.5) is 13.2 Å². The van der Waals surface area contributed by atoms with Crippen LogP contribution in [0.3, 0.4) is 0 Å². The topological polar surface area (TPSA) is 60.7 Å². The summed E-state index contributed by atoms with van der Waals surface area (Å²) in [6.07, 6.45) is -3.00. The molecule has 2 heterocycles. The lowest BCUT2D eigenvalue weighted by molar-refractivity contribution is -0.137. The fourth-order valence-electron chi connectivity index (χ4n) is 3.02. The molecule has 31 heavy (non-hydrogen) atoms. The monoisotopic (exact) mass is 462 g/mol. The zero-order valence-electron chi connectivity index (χ0n) is 16.0. The summed E-state index contributed by atoms with van der Waals surface area (Å²) in [6.45, 7) is 1.94. The van der Waals surface area contributed by atoms with Crippen molar-refractivity contribution >= 4 is 34.3 Å². The van der Waals surface area contributed by atoms with Gasteiger partial charge in [-0.05, 0) is 47.7 Å². The Hall–Kier alpha value is -2.91. The van der Waals surface area contributed by atoms with Gasteiger partial charge >= 0.3 is 6.18 Å². The highest BCUT2D eigenvalue weighted by Gasteiger charge is 2.31. The van der Waals surface area contributed by atoms with Gasteiger partial charge in [0, 0.05) is 16.8 Å². The fraction of sp³-hybridized carbons (Fsp3) is 0.143. The number of hydrogen-bond acceptors (Lipinski definition) is 5. The van der Waals surface area contributed by atoms with Gasteiger partial charge in [-0.3, -0.25) is 4.79 Å². The average molecular weight is 463 g/mol. The molecule has 10 heteroatoms. The Morgan fingerprint density at radius 3 is 2.48 bits per heavy atom. The van der Waals surface area contributed by atoms with Crippen molar-refractivity contribution in [3.05, 3.63) is 75.7 Å². The number of halogens is 4. The highest BCUT2D eigenvalue weighted by atomic mass is 35.5. The number of hydrogen-bond donors (Lipinski definition) is 0. The third-order valence-corrected chi connectivity index (χ3v) is 5.65. The summed E-state index contributed by atoms with van der Waals surface area (Å²) in [5.74, 6) is 0.897. The van der Waals surface area contributed by atoms with Crippen LogP contribution in [0.2, 0.25) is 5.02 Å². The summed E-state index contributed by atoms with van der Waals surface area (Å²) in [5.41, 5.74) is 0.120. The van der Waals surface area contributed by atoms with Gasteiger partial charge in [-0.1, -0.05) is 35.9 Å². The summed E-state index contributed by atoms with van der Waals surface area (Å²) >= 11 is 7.38. The average Bonchev–Trinajstić information content (AvgIpc) is 2.74. The van der Waals surface area contributed by atoms with Crippen LogP contribution in [0.25, 0.3) is 27.8 Å². The lowest BCUT2D eigenvalue weighted by Crippen LogP contribution is -2.24. The number of nitrogens with zero attached hydrogens (tertiary/aromatic N) is 4. The summed E-state index contributed by atoms with van der Waals surface area (Å²) in [6, 6.07) is 11.9. The largest absolute Gasteiger partial charge is 0.416 e. The molecule has 0 fully saturated rings. The summed E-state index contributed by atoms with van der Waals surface area (Å²) in [7, 11) is 0. The summed E-state index contributed by atoms with van der Waals surface area (Å²) in [5, 5.41) is 8.24. The number of rotatable bonds is 4. The molecule has 0 radical (unpaired) electrons. The lowest BCUT2D eigenvalue weighted by atomic mass is 10.1. The molecule has 0 bridgehead atoms. The molecule has 2 aromatic heterocycles. The standard InChI is InChI=1S/C21H14ClF3N4OS/c1-2-31-18-9-13(12-3-6-15(22)7-4-12)11-26-19(18)29-20(30)16-10-14(21(23,24)25)5-8-17(16)27-28-29/h3-11H,2H2,1H3. The van der Waals surface area contributed by atoms with Crippen molar-refractivity contribution in [3.63, 3.8) is 0 Å². The maximum atomic E-state index is 13.1. The molecule has 0 unspecified atom stereocenters. The van der Waals surface area contributed by atoms with E-state index >= 15 is 0 Å². The fourth-order valence-corrected chi connectivity index (χ4v) is 3.93. The van der Waals surface area contributed by atoms with Crippen molar-refractivity contribution in [2.24, 2.45) is 0 Å². The number of alkyl halides is 3. The van der Waals surface area contributed by atoms with Crippen LogP contribution in [0.5, 0.6) is 0 Å². The van der Waals surface area contributed by atoms with E-state index in [1.165, 1.54) is 11.8 Å². The van der Waals surface area contributed by atoms with Crippen molar-refractivity contribution in [2.75, 3.05) is 5.75 Å². The molecule has 0 N–H and O–H groups in total. The van der Waals surface area contributed by atoms with Crippen LogP contribution in [0.15, 0.2) is 64.4 Å². The predicted molar refractivity (Wildman–Crippen MR) is 115 cm³/mol. The van der Waals surface area contributed by atoms with Gasteiger partial charge in [-0.25, -0.2) is 4.98 Å². The Morgan fingerprint density at radius 1 is 1.06 bits per heavy atom. The van der Waals surface area contributed by atoms with Crippen molar-refractivity contribution in [2.45, 2.75) is 18.0 Å². The predicted octanol–water partition coefficient (Wildman–Crippen LogP) is 5.63. The minimum atomic E-state index is -4.57. The van der Waals surface area contributed by atoms with E-state index in [1.807, 2.05) is 25.1 Å². The molecule has 0 saturated heterocycles. The van der Waals surface area contributed by atoms with E-state index in [0.717, 1.165) is 34.0 Å². The summed E-state index contributed by atoms with van der Waals surface area (Å²) < 4.78 is 40.2. The van der Waals surface area contributed by atoms with Crippen molar-refractivity contribution in [1.82, 2.24) is 20.0 Å². The van der Waals surface area contributed by atoms with Gasteiger partial charge in [0.25, 0.3) is 5.56 Å². The van der Waals surface area contributed by atoms with E-state index in [-0.39, 0.29) is 16.7 Å². The Balaban J connectivity index is 1.87. The van der Waals surface area contributed by atoms with Crippen molar-refractivity contribution < 1.29 is 13.2 Å². The first-order valence-electron chi connectivity index (χ1n) is 9.14. The zero-order chi connectivity index (χ0) is 22.2. The Labute approximate surface area is 183 Å². The second-order valence-corrected chi connectivity index (χ2v) is 8.26. The molecule has 5 nitrogen and oxygen atoms in total. The van der Waals surface area contributed by atoms with Crippen molar-refractivity contribution in [1.29, 1.82) is 0 Å². The molecular formula is C21H14ClF3N4OS. The number of pyridine rings is 1. The van der Waals surface area contributed by atoms with E-state index in [1.54, 1.807) is 18.3 Å². The lowest BCUT2D eigenvalue weighted by Gasteiger charge is -2.12. The second-order valence-electron chi connectivity index (χ2n) is 6.52. The molecule has 2 aromatic carbocycles. The van der Waals surface area contributed by atoms with Gasteiger partial charge in [-0.15, -0.1) is 16.9 Å². The highest BCUT2D eigenvalue weighted by molar-refractivity contribution is 7.99. The Kier molecular flexibility index (Phi) is 5.72. The van der Waals surface area contributed by atoms with E-state index in [4.69, 9.17) is 11.6 Å². The van der Waals surface area contributed by atoms with Gasteiger partial charge in [0.1, 0.15) is 5.52 Å². The zero-order valence-corrected chi connectivity index (χ0v) is 17.6. The number of aromatic nitrogens is 4. The molecule has 0 atom stereocenters. The van der Waals surface area contributed by atoms with E-state index in [2.05, 4.69) is 15.3 Å². The Morgan fingerprint density at radius 2 is 1.81 bits per heavy atom. The smallest absolute Gasteiger partial charge is 0.267 e. The normalized spacial score (nSPS) is 11.8. The molecule has 0 saturated carbocycles. The van der Waals surface area contributed by atoms with Gasteiger partial charge in [0.15, 0.2) is 5.82 Å². The first kappa shape index (κ1) is 21.3. The molecule has 158 valence electrons. The molecule has 0 aliphatic heterocycles. The van der Waals surface area contributed by atoms with Crippen molar-refractivity contribution in [3.8, 4) is 16.9 Å². The molecule has 0 spiro atoms. The molecule has 0 aliphatic carbocycles. The van der Waals surface area contributed by atoms with E-state index in [9.17, 15) is 18.0 Å². The van der Waals surface area contributed by atoms with Gasteiger partial charge in [0.05, 0.1) is 15.8 Å². The molecular weight excluding hydrogens is 449 g/mol. The van der Waals surface area contributed by atoms with Gasteiger partial charge < -0.3 is 0 Å². The summed E-state index contributed by atoms with van der Waals surface area (Å²) in [4.78, 5) is 18.0. The van der Waals surface area contributed by atoms with Gasteiger partial charge in [-0.2, -0.15) is 17.9 Å². The van der Waals surface area contributed by atoms with Crippen LogP contribution in [-0.2, 0) is 6.18 Å². The minimum Gasteiger partial charge on any atom is -0.267 e. The highest BCUT2D eigenvalue weighted by Crippen LogP contribution is 2.31. The maximum Gasteiger partial charge on any atom is 0.416 e. The Bertz CT molecular complexity index is 1320. The molecule has 0 amide bonds. The molecule has 4 aromatic rings. The molecule has 4 rings (SSSR count). The van der Waals surface area contributed by atoms with Crippen LogP contribution in [-0.4, -0.2) is 25.7 Å². The number of thioether (sulfide) groups is 1. The van der Waals surface area contributed by atoms with E-state index in [0.29, 0.717) is 15.7 Å². The van der Waals surface area contributed by atoms with Crippen LogP contribution >= 0.6 is 23.4 Å². The van der Waals surface area contributed by atoms with Crippen LogP contribution < -0.4 is 5.56 Å². The first-order valence-corrected chi connectivity index (χ1v) is 10.5. The quantitative estimate of drug-likeness (QED) is 0.368. The van der Waals surface area contributed by atoms with Crippen LogP contribution in [0, 0.1) is 0 Å². The SMILES string of the molecule is CCSc1cc(-c2ccc(Cl)cc2)cnc1-n1nnc2ccc(C(F)(F)F)cc2c1=O. The van der Waals surface area contributed by atoms with Gasteiger partial charge in [0.2, 0.25) is 0 Å². The maximum absolute atomic E-state index is 13.1. The van der Waals surface area contributed by atoms with E-state index < -0.39 is 17.3 Å². The molecule has 0 aliphatic rings. The third-order valence-electron chi connectivity index (χ3n) is 4.50. The second kappa shape index (κ2) is 8.32. The minimum absolute atomic E-state index is 0.0803. The third kappa shape index (κ3) is 4.28. The number of benzene rings is 2.